The number of aryl methyl sites for hydroxylation is 1. The number of thiophene rings is 1. The molecule has 10 heteroatoms. The van der Waals surface area contributed by atoms with Crippen LogP contribution in [0, 0.1) is 0 Å². The van der Waals surface area contributed by atoms with Gasteiger partial charge in [-0.05, 0) is 30.0 Å². The average Bonchev–Trinajstić information content (AvgIpc) is 3.41. The maximum atomic E-state index is 12.7. The van der Waals surface area contributed by atoms with Gasteiger partial charge in [-0.2, -0.15) is 0 Å². The van der Waals surface area contributed by atoms with E-state index in [9.17, 15) is 9.59 Å². The largest absolute Gasteiger partial charge is 0.467 e. The number of rotatable bonds is 7. The maximum Gasteiger partial charge on any atom is 0.272 e. The predicted molar refractivity (Wildman–Crippen MR) is 104 cm³/mol. The van der Waals surface area contributed by atoms with E-state index < -0.39 is 0 Å². The van der Waals surface area contributed by atoms with Crippen molar-refractivity contribution in [3.63, 3.8) is 0 Å². The monoisotopic (exact) mass is 403 g/mol. The molecule has 0 aliphatic rings. The van der Waals surface area contributed by atoms with Gasteiger partial charge in [0.05, 0.1) is 24.1 Å². The summed E-state index contributed by atoms with van der Waals surface area (Å²) in [5.74, 6) is 1.27. The van der Waals surface area contributed by atoms with E-state index in [1.807, 2.05) is 22.8 Å². The van der Waals surface area contributed by atoms with Gasteiger partial charge in [0.2, 0.25) is 11.7 Å². The molecule has 0 aromatic carbocycles. The minimum absolute atomic E-state index is 0.0468. The van der Waals surface area contributed by atoms with Gasteiger partial charge in [0.25, 0.3) is 5.56 Å². The molecular weight excluding hydrogens is 386 g/mol. The Morgan fingerprint density at radius 1 is 1.37 bits per heavy atom. The number of carbonyl (C=O) groups excluding carboxylic acids is 1. The van der Waals surface area contributed by atoms with Gasteiger partial charge in [-0.1, -0.05) is 18.7 Å². The molecule has 0 unspecified atom stereocenters. The van der Waals surface area contributed by atoms with Crippen LogP contribution in [0.15, 0.2) is 44.2 Å². The Balaban J connectivity index is 1.59. The standard InChI is InChI=1S/C17H17N5O3S2/c1-2-6-21-15(24)14-12(5-8-26-14)22-16(21)19-20-17(22)27-10-13(23)18-9-11-4-3-7-25-11/h3-5,7-8H,2,6,9-10H2,1H3,(H,18,23). The first-order valence-corrected chi connectivity index (χ1v) is 10.3. The van der Waals surface area contributed by atoms with Crippen LogP contribution in [-0.2, 0) is 17.9 Å². The van der Waals surface area contributed by atoms with Gasteiger partial charge in [-0.15, -0.1) is 21.5 Å². The first kappa shape index (κ1) is 17.8. The highest BCUT2D eigenvalue weighted by Crippen LogP contribution is 2.24. The lowest BCUT2D eigenvalue weighted by Gasteiger charge is -2.08. The van der Waals surface area contributed by atoms with Crippen LogP contribution < -0.4 is 10.9 Å². The van der Waals surface area contributed by atoms with E-state index in [-0.39, 0.29) is 17.2 Å². The molecule has 0 spiro atoms. The Labute approximate surface area is 162 Å². The van der Waals surface area contributed by atoms with Gasteiger partial charge in [-0.25, -0.2) is 0 Å². The minimum atomic E-state index is -0.128. The fraction of sp³-hybridized carbons (Fsp3) is 0.294. The maximum absolute atomic E-state index is 12.7. The van der Waals surface area contributed by atoms with Crippen molar-refractivity contribution in [2.75, 3.05) is 5.75 Å². The third kappa shape index (κ3) is 3.37. The van der Waals surface area contributed by atoms with Crippen LogP contribution in [0.1, 0.15) is 19.1 Å². The summed E-state index contributed by atoms with van der Waals surface area (Å²) in [6, 6.07) is 5.47. The molecule has 0 aliphatic heterocycles. The molecule has 0 radical (unpaired) electrons. The van der Waals surface area contributed by atoms with Crippen molar-refractivity contribution in [1.82, 2.24) is 24.5 Å². The second-order valence-corrected chi connectivity index (χ2v) is 7.71. The lowest BCUT2D eigenvalue weighted by molar-refractivity contribution is -0.118. The topological polar surface area (TPSA) is 94.4 Å². The molecule has 0 saturated heterocycles. The molecule has 1 N–H and O–H groups in total. The van der Waals surface area contributed by atoms with Crippen LogP contribution >= 0.6 is 23.1 Å². The number of aromatic nitrogens is 4. The number of amides is 1. The van der Waals surface area contributed by atoms with E-state index >= 15 is 0 Å². The number of hydrogen-bond donors (Lipinski definition) is 1. The summed E-state index contributed by atoms with van der Waals surface area (Å²) >= 11 is 2.69. The van der Waals surface area contributed by atoms with Crippen molar-refractivity contribution >= 4 is 45.0 Å². The van der Waals surface area contributed by atoms with Crippen LogP contribution in [0.3, 0.4) is 0 Å². The van der Waals surface area contributed by atoms with Crippen molar-refractivity contribution in [3.05, 3.63) is 46.0 Å². The molecule has 1 amide bonds. The lowest BCUT2D eigenvalue weighted by Crippen LogP contribution is -2.24. The number of carbonyl (C=O) groups is 1. The third-order valence-corrected chi connectivity index (χ3v) is 5.82. The molecule has 140 valence electrons. The number of nitrogens with zero attached hydrogens (tertiary/aromatic N) is 4. The Morgan fingerprint density at radius 2 is 2.26 bits per heavy atom. The molecule has 0 saturated carbocycles. The second-order valence-electron chi connectivity index (χ2n) is 5.85. The summed E-state index contributed by atoms with van der Waals surface area (Å²) in [5, 5.41) is 13.7. The van der Waals surface area contributed by atoms with Gasteiger partial charge >= 0.3 is 0 Å². The van der Waals surface area contributed by atoms with Crippen molar-refractivity contribution in [3.8, 4) is 0 Å². The van der Waals surface area contributed by atoms with E-state index in [1.165, 1.54) is 23.1 Å². The second kappa shape index (κ2) is 7.57. The van der Waals surface area contributed by atoms with Gasteiger partial charge in [-0.3, -0.25) is 18.6 Å². The van der Waals surface area contributed by atoms with E-state index in [0.29, 0.717) is 34.5 Å². The van der Waals surface area contributed by atoms with Gasteiger partial charge < -0.3 is 9.73 Å². The molecule has 27 heavy (non-hydrogen) atoms. The quantitative estimate of drug-likeness (QED) is 0.477. The molecular formula is C17H17N5O3S2. The molecule has 0 bridgehead atoms. The lowest BCUT2D eigenvalue weighted by atomic mass is 10.4. The minimum Gasteiger partial charge on any atom is -0.467 e. The molecule has 0 fully saturated rings. The average molecular weight is 403 g/mol. The number of thioether (sulfide) groups is 1. The van der Waals surface area contributed by atoms with E-state index in [0.717, 1.165) is 11.9 Å². The summed E-state index contributed by atoms with van der Waals surface area (Å²) in [5.41, 5.74) is 0.727. The van der Waals surface area contributed by atoms with Gasteiger partial charge in [0, 0.05) is 6.54 Å². The molecule has 0 atom stereocenters. The van der Waals surface area contributed by atoms with Crippen molar-refractivity contribution in [2.24, 2.45) is 0 Å². The Kier molecular flexibility index (Phi) is 4.99. The fourth-order valence-corrected chi connectivity index (χ4v) is 4.39. The summed E-state index contributed by atoms with van der Waals surface area (Å²) in [4.78, 5) is 24.8. The summed E-state index contributed by atoms with van der Waals surface area (Å²) in [6.45, 7) is 2.93. The highest BCUT2D eigenvalue weighted by Gasteiger charge is 2.18. The Bertz CT molecular complexity index is 1140. The summed E-state index contributed by atoms with van der Waals surface area (Å²) in [6.07, 6.45) is 2.39. The fourth-order valence-electron chi connectivity index (χ4n) is 2.80. The normalized spacial score (nSPS) is 11.4. The van der Waals surface area contributed by atoms with Crippen molar-refractivity contribution in [2.45, 2.75) is 31.6 Å². The molecule has 8 nitrogen and oxygen atoms in total. The first-order valence-electron chi connectivity index (χ1n) is 8.46. The van der Waals surface area contributed by atoms with Crippen LogP contribution in [0.2, 0.25) is 0 Å². The van der Waals surface area contributed by atoms with Crippen LogP contribution in [-0.4, -0.2) is 30.8 Å². The van der Waals surface area contributed by atoms with Crippen LogP contribution in [0.25, 0.3) is 16.0 Å². The summed E-state index contributed by atoms with van der Waals surface area (Å²) < 4.78 is 9.37. The number of furan rings is 1. The first-order chi connectivity index (χ1) is 13.2. The van der Waals surface area contributed by atoms with Crippen LogP contribution in [0.4, 0.5) is 0 Å². The zero-order valence-electron chi connectivity index (χ0n) is 14.5. The third-order valence-electron chi connectivity index (χ3n) is 4.00. The predicted octanol–water partition coefficient (Wildman–Crippen LogP) is 2.52. The summed E-state index contributed by atoms with van der Waals surface area (Å²) in [7, 11) is 0. The van der Waals surface area contributed by atoms with Crippen LogP contribution in [0.5, 0.6) is 0 Å². The SMILES string of the molecule is CCCn1c(=O)c2sccc2n2c(SCC(=O)NCc3ccco3)nnc12. The number of nitrogens with one attached hydrogen (secondary N) is 1. The molecule has 4 rings (SSSR count). The number of hydrogen-bond acceptors (Lipinski definition) is 7. The highest BCUT2D eigenvalue weighted by atomic mass is 32.2. The van der Waals surface area contributed by atoms with Gasteiger partial charge in [0.15, 0.2) is 5.16 Å². The van der Waals surface area contributed by atoms with E-state index in [1.54, 1.807) is 23.0 Å². The molecule has 4 aromatic heterocycles. The van der Waals surface area contributed by atoms with Gasteiger partial charge in [0.1, 0.15) is 10.5 Å². The van der Waals surface area contributed by atoms with Crippen molar-refractivity contribution in [1.29, 1.82) is 0 Å². The highest BCUT2D eigenvalue weighted by molar-refractivity contribution is 7.99. The molecule has 4 heterocycles. The van der Waals surface area contributed by atoms with E-state index in [4.69, 9.17) is 4.42 Å². The molecule has 4 aromatic rings. The zero-order chi connectivity index (χ0) is 18.8. The number of fused-ring (bicyclic) bond motifs is 3. The Morgan fingerprint density at radius 3 is 3.04 bits per heavy atom. The van der Waals surface area contributed by atoms with E-state index in [2.05, 4.69) is 15.5 Å². The van der Waals surface area contributed by atoms with Crippen molar-refractivity contribution < 1.29 is 9.21 Å². The molecule has 0 aliphatic carbocycles. The zero-order valence-corrected chi connectivity index (χ0v) is 16.2. The smallest absolute Gasteiger partial charge is 0.272 e. The Hall–Kier alpha value is -2.59.